The molecule has 1 unspecified atom stereocenters. The quantitative estimate of drug-likeness (QED) is 0.601. The third-order valence-electron chi connectivity index (χ3n) is 4.23. The number of nitrogens with zero attached hydrogens (tertiary/aromatic N) is 4. The molecule has 9 nitrogen and oxygen atoms in total. The van der Waals surface area contributed by atoms with Gasteiger partial charge in [-0.3, -0.25) is 0 Å². The standard InChI is InChI=1S/C18H26N6O3/c1-12-7-16(19-2)23-18(21-12)22-13-8-15(17(26-3)20-9-13)27-11-14(25)10-24-5-4-6-24/h7-9,14,25H,4-6,10-11H2,1-3H3,(H2,19,21,22,23). The highest BCUT2D eigenvalue weighted by Crippen LogP contribution is 2.28. The van der Waals surface area contributed by atoms with E-state index in [0.717, 1.165) is 24.6 Å². The second kappa shape index (κ2) is 8.83. The lowest BCUT2D eigenvalue weighted by atomic mass is 10.2. The minimum atomic E-state index is -0.565. The van der Waals surface area contributed by atoms with Gasteiger partial charge >= 0.3 is 0 Å². The number of rotatable bonds is 9. The number of pyridine rings is 1. The predicted molar refractivity (Wildman–Crippen MR) is 103 cm³/mol. The van der Waals surface area contributed by atoms with Crippen LogP contribution in [0.4, 0.5) is 17.5 Å². The fraction of sp³-hybridized carbons (Fsp3) is 0.500. The molecule has 0 radical (unpaired) electrons. The predicted octanol–water partition coefficient (Wildman–Crippen LogP) is 1.42. The number of ether oxygens (including phenoxy) is 2. The molecule has 0 bridgehead atoms. The first-order valence-electron chi connectivity index (χ1n) is 8.95. The van der Waals surface area contributed by atoms with E-state index in [1.165, 1.54) is 13.5 Å². The fourth-order valence-electron chi connectivity index (χ4n) is 2.74. The van der Waals surface area contributed by atoms with E-state index in [1.54, 1.807) is 19.3 Å². The lowest BCUT2D eigenvalue weighted by Crippen LogP contribution is -2.43. The van der Waals surface area contributed by atoms with Crippen LogP contribution in [0, 0.1) is 6.92 Å². The Morgan fingerprint density at radius 1 is 1.30 bits per heavy atom. The molecule has 1 fully saturated rings. The first kappa shape index (κ1) is 19.1. The minimum Gasteiger partial charge on any atom is -0.485 e. The van der Waals surface area contributed by atoms with Crippen molar-refractivity contribution in [2.75, 3.05) is 51.0 Å². The van der Waals surface area contributed by atoms with E-state index >= 15 is 0 Å². The van der Waals surface area contributed by atoms with Gasteiger partial charge < -0.3 is 30.1 Å². The van der Waals surface area contributed by atoms with Crippen molar-refractivity contribution >= 4 is 17.5 Å². The van der Waals surface area contributed by atoms with Crippen LogP contribution in [0.3, 0.4) is 0 Å². The lowest BCUT2D eigenvalue weighted by Gasteiger charge is -2.32. The van der Waals surface area contributed by atoms with Crippen molar-refractivity contribution in [1.29, 1.82) is 0 Å². The smallest absolute Gasteiger partial charge is 0.256 e. The van der Waals surface area contributed by atoms with Crippen LogP contribution >= 0.6 is 0 Å². The largest absolute Gasteiger partial charge is 0.485 e. The van der Waals surface area contributed by atoms with Crippen molar-refractivity contribution < 1.29 is 14.6 Å². The Hall–Kier alpha value is -2.65. The van der Waals surface area contributed by atoms with Crippen LogP contribution in [-0.4, -0.2) is 71.5 Å². The summed E-state index contributed by atoms with van der Waals surface area (Å²) in [5.41, 5.74) is 1.50. The van der Waals surface area contributed by atoms with Gasteiger partial charge in [0.05, 0.1) is 19.0 Å². The molecule has 1 atom stereocenters. The normalized spacial score (nSPS) is 15.0. The average Bonchev–Trinajstić information content (AvgIpc) is 2.62. The second-order valence-electron chi connectivity index (χ2n) is 6.44. The molecule has 27 heavy (non-hydrogen) atoms. The summed E-state index contributed by atoms with van der Waals surface area (Å²) in [5.74, 6) is 1.98. The number of aryl methyl sites for hydroxylation is 1. The van der Waals surface area contributed by atoms with Crippen LogP contribution in [0.1, 0.15) is 12.1 Å². The van der Waals surface area contributed by atoms with E-state index in [1.807, 2.05) is 13.0 Å². The van der Waals surface area contributed by atoms with Crippen LogP contribution < -0.4 is 20.1 Å². The number of aliphatic hydroxyl groups excluding tert-OH is 1. The summed E-state index contributed by atoms with van der Waals surface area (Å²) in [6.45, 7) is 4.74. The molecule has 1 aliphatic heterocycles. The molecule has 2 aromatic rings. The Morgan fingerprint density at radius 3 is 2.78 bits per heavy atom. The molecule has 0 aromatic carbocycles. The van der Waals surface area contributed by atoms with Crippen molar-refractivity contribution in [2.24, 2.45) is 0 Å². The Labute approximate surface area is 158 Å². The molecule has 2 aromatic heterocycles. The number of hydrogen-bond donors (Lipinski definition) is 3. The van der Waals surface area contributed by atoms with Gasteiger partial charge in [-0.15, -0.1) is 0 Å². The summed E-state index contributed by atoms with van der Waals surface area (Å²) in [6.07, 6.45) is 2.24. The van der Waals surface area contributed by atoms with Gasteiger partial charge in [0.2, 0.25) is 5.95 Å². The van der Waals surface area contributed by atoms with E-state index in [4.69, 9.17) is 9.47 Å². The van der Waals surface area contributed by atoms with Gasteiger partial charge in [0.15, 0.2) is 5.75 Å². The van der Waals surface area contributed by atoms with E-state index in [2.05, 4.69) is 30.5 Å². The zero-order valence-electron chi connectivity index (χ0n) is 15.9. The number of anilines is 3. The Morgan fingerprint density at radius 2 is 2.11 bits per heavy atom. The zero-order valence-corrected chi connectivity index (χ0v) is 15.9. The van der Waals surface area contributed by atoms with Gasteiger partial charge in [-0.1, -0.05) is 0 Å². The molecule has 1 aliphatic rings. The van der Waals surface area contributed by atoms with Gasteiger partial charge in [-0.2, -0.15) is 4.98 Å². The molecule has 0 saturated carbocycles. The number of aliphatic hydroxyl groups is 1. The number of aromatic nitrogens is 3. The van der Waals surface area contributed by atoms with Gasteiger partial charge in [0.25, 0.3) is 5.88 Å². The Kier molecular flexibility index (Phi) is 6.25. The number of methoxy groups -OCH3 is 1. The van der Waals surface area contributed by atoms with Gasteiger partial charge in [-0.05, 0) is 26.4 Å². The third-order valence-corrected chi connectivity index (χ3v) is 4.23. The van der Waals surface area contributed by atoms with Crippen LogP contribution in [-0.2, 0) is 0 Å². The molecule has 9 heteroatoms. The minimum absolute atomic E-state index is 0.169. The molecule has 1 saturated heterocycles. The molecule has 0 spiro atoms. The summed E-state index contributed by atoms with van der Waals surface area (Å²) in [6, 6.07) is 3.61. The molecule has 3 N–H and O–H groups in total. The molecule has 3 rings (SSSR count). The van der Waals surface area contributed by atoms with E-state index in [0.29, 0.717) is 29.8 Å². The molecule has 3 heterocycles. The van der Waals surface area contributed by atoms with Gasteiger partial charge in [-0.25, -0.2) is 9.97 Å². The van der Waals surface area contributed by atoms with Crippen LogP contribution in [0.15, 0.2) is 18.3 Å². The van der Waals surface area contributed by atoms with E-state index < -0.39 is 6.10 Å². The maximum Gasteiger partial charge on any atom is 0.256 e. The zero-order chi connectivity index (χ0) is 19.2. The summed E-state index contributed by atoms with van der Waals surface area (Å²) >= 11 is 0. The summed E-state index contributed by atoms with van der Waals surface area (Å²) < 4.78 is 11.0. The molecular formula is C18H26N6O3. The Bertz CT molecular complexity index is 769. The summed E-state index contributed by atoms with van der Waals surface area (Å²) in [7, 11) is 3.33. The highest BCUT2D eigenvalue weighted by atomic mass is 16.5. The Balaban J connectivity index is 1.68. The number of nitrogens with one attached hydrogen (secondary N) is 2. The van der Waals surface area contributed by atoms with Crippen LogP contribution in [0.2, 0.25) is 0 Å². The van der Waals surface area contributed by atoms with Crippen molar-refractivity contribution in [2.45, 2.75) is 19.4 Å². The van der Waals surface area contributed by atoms with Crippen molar-refractivity contribution in [3.8, 4) is 11.6 Å². The molecule has 0 amide bonds. The monoisotopic (exact) mass is 374 g/mol. The van der Waals surface area contributed by atoms with Gasteiger partial charge in [0.1, 0.15) is 18.5 Å². The SMILES string of the molecule is CNc1cc(C)nc(Nc2cnc(OC)c(OCC(O)CN3CCC3)c2)n1. The average molecular weight is 374 g/mol. The van der Waals surface area contributed by atoms with Crippen LogP contribution in [0.25, 0.3) is 0 Å². The van der Waals surface area contributed by atoms with Crippen molar-refractivity contribution in [3.63, 3.8) is 0 Å². The fourth-order valence-corrected chi connectivity index (χ4v) is 2.74. The van der Waals surface area contributed by atoms with E-state index in [-0.39, 0.29) is 6.61 Å². The van der Waals surface area contributed by atoms with Crippen molar-refractivity contribution in [1.82, 2.24) is 19.9 Å². The number of hydrogen-bond acceptors (Lipinski definition) is 9. The van der Waals surface area contributed by atoms with Gasteiger partial charge in [0, 0.05) is 31.4 Å². The maximum atomic E-state index is 10.1. The summed E-state index contributed by atoms with van der Waals surface area (Å²) in [4.78, 5) is 15.2. The lowest BCUT2D eigenvalue weighted by molar-refractivity contribution is 0.0458. The first-order valence-corrected chi connectivity index (χ1v) is 8.95. The van der Waals surface area contributed by atoms with E-state index in [9.17, 15) is 5.11 Å². The highest BCUT2D eigenvalue weighted by molar-refractivity contribution is 5.58. The van der Waals surface area contributed by atoms with Crippen LogP contribution in [0.5, 0.6) is 11.6 Å². The molecule has 0 aliphatic carbocycles. The highest BCUT2D eigenvalue weighted by Gasteiger charge is 2.19. The van der Waals surface area contributed by atoms with Crippen molar-refractivity contribution in [3.05, 3.63) is 24.0 Å². The summed E-state index contributed by atoms with van der Waals surface area (Å²) in [5, 5.41) is 16.2. The second-order valence-corrected chi connectivity index (χ2v) is 6.44. The first-order chi connectivity index (χ1) is 13.1. The third kappa shape index (κ3) is 5.18. The molecular weight excluding hydrogens is 348 g/mol. The maximum absolute atomic E-state index is 10.1. The number of likely N-dealkylation sites (tertiary alicyclic amines) is 1. The topological polar surface area (TPSA) is 105 Å². The number of β-amino-alcohol motifs (C(OH)–C–C–N with tert-alkyl or cyclic N) is 1. The molecule has 146 valence electrons.